The molecule has 3 N–H and O–H groups in total. The largest absolute Gasteiger partial charge is 0.507 e. The van der Waals surface area contributed by atoms with Crippen LogP contribution in [0.4, 0.5) is 13.2 Å². The summed E-state index contributed by atoms with van der Waals surface area (Å²) in [5, 5.41) is 26.1. The van der Waals surface area contributed by atoms with E-state index in [1.165, 1.54) is 17.0 Å². The molecule has 1 aromatic heterocycles. The van der Waals surface area contributed by atoms with Crippen LogP contribution >= 0.6 is 0 Å². The van der Waals surface area contributed by atoms with Crippen molar-refractivity contribution in [2.75, 3.05) is 13.2 Å². The standard InChI is InChI=1S/C21H20F3N3O4/c22-21(23,24)4-3-17-15-8-16(19(29)9-18(15)26-25-17)20(30)27-10-12-1-2-14(31-6-5-28)7-13(12)11-27/h1-2,7-9,28-29H,3-6,10-11H2,(H,25,26). The molecule has 7 nitrogen and oxygen atoms in total. The van der Waals surface area contributed by atoms with Crippen LogP contribution in [-0.4, -0.2) is 50.6 Å². The van der Waals surface area contributed by atoms with Gasteiger partial charge in [0.05, 0.1) is 17.7 Å². The molecule has 0 saturated heterocycles. The van der Waals surface area contributed by atoms with Gasteiger partial charge in [0, 0.05) is 36.7 Å². The Morgan fingerprint density at radius 1 is 1.19 bits per heavy atom. The monoisotopic (exact) mass is 435 g/mol. The number of phenols is 1. The number of aromatic amines is 1. The summed E-state index contributed by atoms with van der Waals surface area (Å²) < 4.78 is 43.2. The van der Waals surface area contributed by atoms with Crippen LogP contribution in [0.5, 0.6) is 11.5 Å². The van der Waals surface area contributed by atoms with Crippen molar-refractivity contribution in [2.24, 2.45) is 0 Å². The van der Waals surface area contributed by atoms with Crippen LogP contribution in [0.3, 0.4) is 0 Å². The average molecular weight is 435 g/mol. The SMILES string of the molecule is O=C(c1cc2c(CCC(F)(F)F)[nH]nc2cc1O)N1Cc2ccc(OCCO)cc2C1. The number of carbonyl (C=O) groups is 1. The predicted molar refractivity (Wildman–Crippen MR) is 105 cm³/mol. The molecule has 2 heterocycles. The Labute approximate surface area is 175 Å². The molecule has 31 heavy (non-hydrogen) atoms. The second kappa shape index (κ2) is 8.10. The van der Waals surface area contributed by atoms with E-state index in [1.807, 2.05) is 6.07 Å². The van der Waals surface area contributed by atoms with E-state index in [2.05, 4.69) is 10.2 Å². The lowest BCUT2D eigenvalue weighted by molar-refractivity contribution is -0.134. The van der Waals surface area contributed by atoms with Crippen molar-refractivity contribution in [1.82, 2.24) is 15.1 Å². The zero-order chi connectivity index (χ0) is 22.2. The normalized spacial score (nSPS) is 13.6. The number of hydrogen-bond acceptors (Lipinski definition) is 5. The molecule has 0 atom stereocenters. The number of phenolic OH excluding ortho intramolecular Hbond substituents is 1. The first-order valence-electron chi connectivity index (χ1n) is 9.66. The maximum atomic E-state index is 13.1. The van der Waals surface area contributed by atoms with Gasteiger partial charge >= 0.3 is 6.18 Å². The van der Waals surface area contributed by atoms with Gasteiger partial charge in [0.2, 0.25) is 0 Å². The number of aryl methyl sites for hydroxylation is 1. The van der Waals surface area contributed by atoms with Crippen molar-refractivity contribution in [3.63, 3.8) is 0 Å². The number of amides is 1. The summed E-state index contributed by atoms with van der Waals surface area (Å²) in [6.45, 7) is 0.686. The number of halogens is 3. The third-order valence-corrected chi connectivity index (χ3v) is 5.19. The molecule has 4 rings (SSSR count). The minimum absolute atomic E-state index is 0.00622. The van der Waals surface area contributed by atoms with Crippen molar-refractivity contribution in [3.05, 3.63) is 52.7 Å². The number of nitrogens with zero attached hydrogens (tertiary/aromatic N) is 2. The van der Waals surface area contributed by atoms with Gasteiger partial charge in [-0.2, -0.15) is 18.3 Å². The molecular weight excluding hydrogens is 415 g/mol. The van der Waals surface area contributed by atoms with E-state index in [4.69, 9.17) is 9.84 Å². The number of aromatic nitrogens is 2. The number of H-pyrrole nitrogens is 1. The Kier molecular flexibility index (Phi) is 5.48. The maximum absolute atomic E-state index is 13.1. The molecule has 10 heteroatoms. The lowest BCUT2D eigenvalue weighted by Gasteiger charge is -2.16. The van der Waals surface area contributed by atoms with E-state index < -0.39 is 18.5 Å². The summed E-state index contributed by atoms with van der Waals surface area (Å²) >= 11 is 0. The number of benzene rings is 2. The molecule has 0 saturated carbocycles. The first-order valence-corrected chi connectivity index (χ1v) is 9.66. The lowest BCUT2D eigenvalue weighted by Crippen LogP contribution is -2.25. The summed E-state index contributed by atoms with van der Waals surface area (Å²) in [5.74, 6) is -0.134. The molecule has 0 unspecified atom stereocenters. The van der Waals surface area contributed by atoms with E-state index in [9.17, 15) is 23.1 Å². The first-order chi connectivity index (χ1) is 14.7. The van der Waals surface area contributed by atoms with E-state index in [-0.39, 0.29) is 36.6 Å². The van der Waals surface area contributed by atoms with Crippen LogP contribution in [0.15, 0.2) is 30.3 Å². The Balaban J connectivity index is 1.56. The zero-order valence-corrected chi connectivity index (χ0v) is 16.4. The van der Waals surface area contributed by atoms with Crippen molar-refractivity contribution >= 4 is 16.8 Å². The summed E-state index contributed by atoms with van der Waals surface area (Å²) in [6.07, 6.45) is -5.63. The number of nitrogens with one attached hydrogen (secondary N) is 1. The molecule has 0 fully saturated rings. The second-order valence-corrected chi connectivity index (χ2v) is 7.37. The van der Waals surface area contributed by atoms with Crippen LogP contribution in [0.25, 0.3) is 10.9 Å². The van der Waals surface area contributed by atoms with Crippen molar-refractivity contribution in [1.29, 1.82) is 0 Å². The first kappa shape index (κ1) is 21.0. The van der Waals surface area contributed by atoms with Gasteiger partial charge in [-0.1, -0.05) is 6.07 Å². The van der Waals surface area contributed by atoms with Gasteiger partial charge in [0.25, 0.3) is 5.91 Å². The molecule has 1 aliphatic rings. The van der Waals surface area contributed by atoms with Gasteiger partial charge in [-0.15, -0.1) is 0 Å². The number of rotatable bonds is 6. The predicted octanol–water partition coefficient (Wildman–Crippen LogP) is 3.29. The highest BCUT2D eigenvalue weighted by molar-refractivity contribution is 6.01. The van der Waals surface area contributed by atoms with Crippen LogP contribution in [0.1, 0.15) is 33.6 Å². The maximum Gasteiger partial charge on any atom is 0.389 e. The van der Waals surface area contributed by atoms with Crippen LogP contribution in [0, 0.1) is 0 Å². The molecule has 0 radical (unpaired) electrons. The highest BCUT2D eigenvalue weighted by atomic mass is 19.4. The Morgan fingerprint density at radius 2 is 1.97 bits per heavy atom. The fourth-order valence-corrected chi connectivity index (χ4v) is 3.67. The van der Waals surface area contributed by atoms with Gasteiger partial charge in [-0.25, -0.2) is 0 Å². The number of aliphatic hydroxyl groups is 1. The van der Waals surface area contributed by atoms with E-state index in [0.29, 0.717) is 29.7 Å². The van der Waals surface area contributed by atoms with Crippen LogP contribution < -0.4 is 4.74 Å². The summed E-state index contributed by atoms with van der Waals surface area (Å²) in [7, 11) is 0. The fourth-order valence-electron chi connectivity index (χ4n) is 3.67. The third kappa shape index (κ3) is 4.43. The number of aliphatic hydroxyl groups excluding tert-OH is 1. The Morgan fingerprint density at radius 3 is 2.71 bits per heavy atom. The number of alkyl halides is 3. The number of aromatic hydroxyl groups is 1. The molecule has 1 amide bonds. The summed E-state index contributed by atoms with van der Waals surface area (Å²) in [4.78, 5) is 14.6. The fraction of sp³-hybridized carbons (Fsp3) is 0.333. The number of hydrogen-bond donors (Lipinski definition) is 3. The van der Waals surface area contributed by atoms with E-state index >= 15 is 0 Å². The Bertz CT molecular complexity index is 1130. The smallest absolute Gasteiger partial charge is 0.389 e. The minimum Gasteiger partial charge on any atom is -0.507 e. The molecule has 0 aliphatic carbocycles. The second-order valence-electron chi connectivity index (χ2n) is 7.37. The van der Waals surface area contributed by atoms with E-state index in [0.717, 1.165) is 11.1 Å². The third-order valence-electron chi connectivity index (χ3n) is 5.19. The van der Waals surface area contributed by atoms with Gasteiger partial charge in [0.15, 0.2) is 0 Å². The quantitative estimate of drug-likeness (QED) is 0.552. The highest BCUT2D eigenvalue weighted by Crippen LogP contribution is 2.32. The zero-order valence-electron chi connectivity index (χ0n) is 16.4. The van der Waals surface area contributed by atoms with Gasteiger partial charge in [-0.3, -0.25) is 9.89 Å². The Hall–Kier alpha value is -3.27. The van der Waals surface area contributed by atoms with Crippen molar-refractivity contribution < 1.29 is 32.9 Å². The number of ether oxygens (including phenoxy) is 1. The van der Waals surface area contributed by atoms with Gasteiger partial charge in [-0.05, 0) is 35.7 Å². The summed E-state index contributed by atoms with van der Waals surface area (Å²) in [6, 6.07) is 8.06. The summed E-state index contributed by atoms with van der Waals surface area (Å²) in [5.41, 5.74) is 2.38. The van der Waals surface area contributed by atoms with E-state index in [1.54, 1.807) is 12.1 Å². The molecule has 164 valence electrons. The topological polar surface area (TPSA) is 98.7 Å². The number of carbonyl (C=O) groups excluding carboxylic acids is 1. The molecule has 3 aromatic rings. The molecule has 1 aliphatic heterocycles. The van der Waals surface area contributed by atoms with Crippen molar-refractivity contribution in [3.8, 4) is 11.5 Å². The average Bonchev–Trinajstić information content (AvgIpc) is 3.32. The van der Waals surface area contributed by atoms with Crippen LogP contribution in [0.2, 0.25) is 0 Å². The van der Waals surface area contributed by atoms with Crippen molar-refractivity contribution in [2.45, 2.75) is 32.1 Å². The molecule has 0 bridgehead atoms. The van der Waals surface area contributed by atoms with Gasteiger partial charge in [0.1, 0.15) is 18.1 Å². The molecule has 0 spiro atoms. The van der Waals surface area contributed by atoms with Crippen LogP contribution in [-0.2, 0) is 19.5 Å². The van der Waals surface area contributed by atoms with Gasteiger partial charge < -0.3 is 19.8 Å². The molecular formula is C21H20F3N3O4. The number of fused-ring (bicyclic) bond motifs is 2. The highest BCUT2D eigenvalue weighted by Gasteiger charge is 2.29. The molecule has 2 aromatic carbocycles. The minimum atomic E-state index is -4.31. The lowest BCUT2D eigenvalue weighted by atomic mass is 10.1.